The normalized spacial score (nSPS) is 11.8. The summed E-state index contributed by atoms with van der Waals surface area (Å²) in [5, 5.41) is 4.33. The lowest BCUT2D eigenvalue weighted by atomic mass is 9.99. The van der Waals surface area contributed by atoms with Gasteiger partial charge in [0.25, 0.3) is 0 Å². The third-order valence-corrected chi connectivity index (χ3v) is 9.25. The molecule has 0 fully saturated rings. The van der Waals surface area contributed by atoms with E-state index in [1.165, 1.54) is 5.56 Å². The summed E-state index contributed by atoms with van der Waals surface area (Å²) in [6.45, 7) is 0. The van der Waals surface area contributed by atoms with Gasteiger partial charge in [-0.25, -0.2) is 4.98 Å². The van der Waals surface area contributed by atoms with Crippen molar-refractivity contribution in [3.05, 3.63) is 158 Å². The molecule has 0 aliphatic heterocycles. The number of rotatable bonds is 4. The van der Waals surface area contributed by atoms with E-state index in [4.69, 9.17) is 13.8 Å². The van der Waals surface area contributed by atoms with Crippen LogP contribution in [0.1, 0.15) is 0 Å². The van der Waals surface area contributed by atoms with Crippen molar-refractivity contribution in [3.8, 4) is 39.3 Å². The number of nitrogens with zero attached hydrogens (tertiary/aromatic N) is 2. The fourth-order valence-corrected chi connectivity index (χ4v) is 6.92. The van der Waals surface area contributed by atoms with Crippen LogP contribution in [-0.4, -0.2) is 9.55 Å². The third-order valence-electron chi connectivity index (χ3n) is 9.25. The molecule has 7 aromatic carbocycles. The van der Waals surface area contributed by atoms with Gasteiger partial charge in [0, 0.05) is 32.8 Å². The van der Waals surface area contributed by atoms with Crippen molar-refractivity contribution in [3.63, 3.8) is 0 Å². The molecular weight excluding hydrogens is 576 g/mol. The number of fused-ring (bicyclic) bond motifs is 8. The van der Waals surface area contributed by atoms with Gasteiger partial charge >= 0.3 is 0 Å². The zero-order chi connectivity index (χ0) is 30.9. The molecule has 3 heterocycles. The zero-order valence-electron chi connectivity index (χ0n) is 25.2. The van der Waals surface area contributed by atoms with Crippen LogP contribution >= 0.6 is 0 Å². The monoisotopic (exact) mass is 602 g/mol. The average Bonchev–Trinajstić information content (AvgIpc) is 3.83. The van der Waals surface area contributed by atoms with Crippen molar-refractivity contribution in [2.45, 2.75) is 0 Å². The van der Waals surface area contributed by atoms with Crippen LogP contribution in [0, 0.1) is 0 Å². The Morgan fingerprint density at radius 2 is 0.979 bits per heavy atom. The molecule has 4 heteroatoms. The van der Waals surface area contributed by atoms with Crippen molar-refractivity contribution in [2.24, 2.45) is 0 Å². The van der Waals surface area contributed by atoms with Gasteiger partial charge < -0.3 is 8.83 Å². The Labute approximate surface area is 269 Å². The minimum absolute atomic E-state index is 0.796. The lowest BCUT2D eigenvalue weighted by Crippen LogP contribution is -1.97. The molecule has 47 heavy (non-hydrogen) atoms. The van der Waals surface area contributed by atoms with Crippen LogP contribution in [0.15, 0.2) is 167 Å². The predicted molar refractivity (Wildman–Crippen MR) is 192 cm³/mol. The largest absolute Gasteiger partial charge is 0.452 e. The second kappa shape index (κ2) is 10.1. The maximum atomic E-state index is 6.36. The van der Waals surface area contributed by atoms with Gasteiger partial charge in [-0.3, -0.25) is 4.57 Å². The van der Waals surface area contributed by atoms with E-state index in [9.17, 15) is 0 Å². The molecule has 0 atom stereocenters. The number of hydrogen-bond acceptors (Lipinski definition) is 3. The highest BCUT2D eigenvalue weighted by atomic mass is 16.4. The smallest absolute Gasteiger partial charge is 0.178 e. The van der Waals surface area contributed by atoms with Crippen LogP contribution in [0.3, 0.4) is 0 Å². The Hall–Kier alpha value is -6.39. The summed E-state index contributed by atoms with van der Waals surface area (Å²) in [6, 6.07) is 55.0. The Morgan fingerprint density at radius 1 is 0.404 bits per heavy atom. The first-order chi connectivity index (χ1) is 23.3. The molecule has 220 valence electrons. The molecule has 10 aromatic rings. The molecule has 0 N–H and O–H groups in total. The number of para-hydroxylation sites is 3. The summed E-state index contributed by atoms with van der Waals surface area (Å²) in [7, 11) is 0. The van der Waals surface area contributed by atoms with Gasteiger partial charge in [-0.1, -0.05) is 103 Å². The summed E-state index contributed by atoms with van der Waals surface area (Å²) in [5.41, 5.74) is 12.2. The van der Waals surface area contributed by atoms with Crippen molar-refractivity contribution in [1.82, 2.24) is 9.55 Å². The number of aromatic nitrogens is 2. The molecule has 0 aliphatic carbocycles. The fraction of sp³-hybridized carbons (Fsp3) is 0. The van der Waals surface area contributed by atoms with Gasteiger partial charge in [0.05, 0.1) is 11.0 Å². The van der Waals surface area contributed by atoms with Gasteiger partial charge in [-0.15, -0.1) is 0 Å². The second-order valence-electron chi connectivity index (χ2n) is 12.0. The van der Waals surface area contributed by atoms with E-state index in [1.807, 2.05) is 30.3 Å². The van der Waals surface area contributed by atoms with Crippen LogP contribution < -0.4 is 0 Å². The van der Waals surface area contributed by atoms with Crippen LogP contribution in [0.5, 0.6) is 0 Å². The van der Waals surface area contributed by atoms with Crippen LogP contribution in [0.25, 0.3) is 94.2 Å². The highest BCUT2D eigenvalue weighted by Crippen LogP contribution is 2.40. The second-order valence-corrected chi connectivity index (χ2v) is 12.0. The fourth-order valence-electron chi connectivity index (χ4n) is 6.92. The van der Waals surface area contributed by atoms with E-state index in [0.717, 1.165) is 88.7 Å². The number of imidazole rings is 1. The van der Waals surface area contributed by atoms with E-state index in [2.05, 4.69) is 132 Å². The van der Waals surface area contributed by atoms with E-state index in [1.54, 1.807) is 0 Å². The van der Waals surface area contributed by atoms with Crippen molar-refractivity contribution >= 4 is 54.9 Å². The predicted octanol–water partition coefficient (Wildman–Crippen LogP) is 11.8. The summed E-state index contributed by atoms with van der Waals surface area (Å²) < 4.78 is 14.8. The molecule has 4 nitrogen and oxygen atoms in total. The first-order valence-electron chi connectivity index (χ1n) is 15.8. The Bertz CT molecular complexity index is 2770. The Morgan fingerprint density at radius 3 is 1.74 bits per heavy atom. The molecule has 10 rings (SSSR count). The maximum Gasteiger partial charge on any atom is 0.178 e. The van der Waals surface area contributed by atoms with Crippen LogP contribution in [0.2, 0.25) is 0 Å². The molecule has 0 bridgehead atoms. The number of hydrogen-bond donors (Lipinski definition) is 0. The van der Waals surface area contributed by atoms with Crippen LogP contribution in [0.4, 0.5) is 0 Å². The minimum atomic E-state index is 0.796. The van der Waals surface area contributed by atoms with E-state index in [0.29, 0.717) is 0 Å². The topological polar surface area (TPSA) is 44.1 Å². The average molecular weight is 603 g/mol. The minimum Gasteiger partial charge on any atom is -0.452 e. The molecule has 0 aliphatic rings. The summed E-state index contributed by atoms with van der Waals surface area (Å²) in [5.74, 6) is 0.938. The van der Waals surface area contributed by atoms with E-state index < -0.39 is 0 Å². The van der Waals surface area contributed by atoms with E-state index >= 15 is 0 Å². The van der Waals surface area contributed by atoms with Gasteiger partial charge in [-0.05, 0) is 76.9 Å². The highest BCUT2D eigenvalue weighted by molar-refractivity contribution is 6.19. The van der Waals surface area contributed by atoms with E-state index in [-0.39, 0.29) is 0 Å². The first-order valence-corrected chi connectivity index (χ1v) is 15.8. The van der Waals surface area contributed by atoms with Gasteiger partial charge in [0.15, 0.2) is 11.2 Å². The van der Waals surface area contributed by atoms with Gasteiger partial charge in [0.2, 0.25) is 0 Å². The maximum absolute atomic E-state index is 6.36. The molecular formula is C43H26N2O2. The molecule has 0 amide bonds. The van der Waals surface area contributed by atoms with Crippen molar-refractivity contribution < 1.29 is 8.83 Å². The summed E-state index contributed by atoms with van der Waals surface area (Å²) in [4.78, 5) is 4.99. The molecule has 0 saturated carbocycles. The lowest BCUT2D eigenvalue weighted by Gasteiger charge is -2.11. The Balaban J connectivity index is 0.989. The molecule has 3 aromatic heterocycles. The summed E-state index contributed by atoms with van der Waals surface area (Å²) >= 11 is 0. The van der Waals surface area contributed by atoms with Crippen LogP contribution in [-0.2, 0) is 0 Å². The van der Waals surface area contributed by atoms with Crippen molar-refractivity contribution in [2.75, 3.05) is 0 Å². The van der Waals surface area contributed by atoms with Gasteiger partial charge in [0.1, 0.15) is 17.0 Å². The molecule has 0 saturated heterocycles. The summed E-state index contributed by atoms with van der Waals surface area (Å²) in [6.07, 6.45) is 0. The SMILES string of the molecule is c1ccc(-c2nc3ccccc3n2-c2ccc(-c3ccc(-c4ccc5oc6c(ccc7c8ccccc8oc76)c5c4)cc3)cc2)cc1. The lowest BCUT2D eigenvalue weighted by molar-refractivity contribution is 0.633. The van der Waals surface area contributed by atoms with Crippen molar-refractivity contribution in [1.29, 1.82) is 0 Å². The zero-order valence-corrected chi connectivity index (χ0v) is 25.2. The Kier molecular flexibility index (Phi) is 5.54. The van der Waals surface area contributed by atoms with Gasteiger partial charge in [-0.2, -0.15) is 0 Å². The highest BCUT2D eigenvalue weighted by Gasteiger charge is 2.17. The quantitative estimate of drug-likeness (QED) is 0.201. The third kappa shape index (κ3) is 4.05. The standard InChI is InChI=1S/C43H26N2O2/c1-2-8-30(9-3-1)43-44-37-11-5-6-12-38(37)45(43)32-21-18-28(19-22-32)27-14-16-29(17-15-27)31-20-25-40-36(26-31)35-24-23-34-33-10-4-7-13-39(33)46-41(34)42(35)47-40/h1-26H. The first kappa shape index (κ1) is 25.9. The molecule has 0 spiro atoms. The number of furan rings is 2. The number of benzene rings is 7. The molecule has 0 unspecified atom stereocenters. The molecule has 0 radical (unpaired) electrons.